The standard InChI is InChI=1S/C51H45BN6/c1-49(2,3)28-10-14-31(15-11-28)56-40-27-54-22-19-35(40)52-36-20-23-55-44-34-25-30(51(7,8)9)13-17-38(34)58(45(36)44)48-42-33-24-29(50(4,5)6)12-16-37(33)57-39-26-53-21-18-32(39)41(46(42)57)47(56)43(48)52/h10-27H,1-9H3. The lowest BCUT2D eigenvalue weighted by molar-refractivity contribution is 0.590. The van der Waals surface area contributed by atoms with Gasteiger partial charge in [-0.15, -0.1) is 0 Å². The summed E-state index contributed by atoms with van der Waals surface area (Å²) in [4.78, 5) is 17.3. The SMILES string of the molecule is CC(C)(C)c1ccc(N2c3cnccc3B3c4c2c2c5ccncc5n5c6ccc(C(C)(C)C)cc6c(c4-n4c6ccc(C(C)(C)C)cc6c6nccc3c64)c25)cc1. The Labute approximate surface area is 338 Å². The first kappa shape index (κ1) is 33.9. The molecule has 10 aromatic rings. The minimum atomic E-state index is -0.0479. The highest BCUT2D eigenvalue weighted by Gasteiger charge is 2.46. The molecule has 0 atom stereocenters. The van der Waals surface area contributed by atoms with Crippen molar-refractivity contribution < 1.29 is 0 Å². The van der Waals surface area contributed by atoms with Crippen LogP contribution in [0.4, 0.5) is 17.1 Å². The van der Waals surface area contributed by atoms with Crippen LogP contribution in [-0.2, 0) is 16.2 Å². The van der Waals surface area contributed by atoms with Crippen LogP contribution < -0.4 is 21.3 Å². The van der Waals surface area contributed by atoms with Crippen molar-refractivity contribution in [1.82, 2.24) is 23.9 Å². The summed E-state index contributed by atoms with van der Waals surface area (Å²) in [5.41, 5.74) is 19.4. The zero-order valence-corrected chi connectivity index (χ0v) is 34.7. The third-order valence-corrected chi connectivity index (χ3v) is 13.3. The Balaban J connectivity index is 1.36. The average Bonchev–Trinajstić information content (AvgIpc) is 3.83. The first-order valence-corrected chi connectivity index (χ1v) is 20.6. The summed E-state index contributed by atoms with van der Waals surface area (Å²) in [7, 11) is 0. The predicted molar refractivity (Wildman–Crippen MR) is 244 cm³/mol. The fraction of sp³-hybridized carbons (Fsp3) is 0.235. The maximum Gasteiger partial charge on any atom is 0.252 e. The van der Waals surface area contributed by atoms with Crippen LogP contribution in [0.5, 0.6) is 0 Å². The van der Waals surface area contributed by atoms with Crippen LogP contribution in [0.3, 0.4) is 0 Å². The van der Waals surface area contributed by atoms with Crippen molar-refractivity contribution in [2.45, 2.75) is 78.6 Å². The summed E-state index contributed by atoms with van der Waals surface area (Å²) in [5.74, 6) is 0. The summed E-state index contributed by atoms with van der Waals surface area (Å²) in [6.45, 7) is 20.6. The summed E-state index contributed by atoms with van der Waals surface area (Å²) < 4.78 is 5.09. The molecule has 0 saturated heterocycles. The van der Waals surface area contributed by atoms with E-state index in [4.69, 9.17) is 15.0 Å². The van der Waals surface area contributed by atoms with Crippen molar-refractivity contribution >= 4 is 100 Å². The third kappa shape index (κ3) is 4.21. The highest BCUT2D eigenvalue weighted by molar-refractivity contribution is 7.01. The van der Waals surface area contributed by atoms with E-state index in [1.165, 1.54) is 93.5 Å². The maximum atomic E-state index is 5.22. The second-order valence-corrected chi connectivity index (χ2v) is 19.8. The molecule has 0 saturated carbocycles. The zero-order chi connectivity index (χ0) is 39.8. The normalized spacial score (nSPS) is 14.2. The quantitative estimate of drug-likeness (QED) is 0.157. The Morgan fingerprint density at radius 1 is 0.517 bits per heavy atom. The van der Waals surface area contributed by atoms with Gasteiger partial charge in [-0.05, 0) is 104 Å². The van der Waals surface area contributed by atoms with Crippen LogP contribution in [0.1, 0.15) is 79.0 Å². The Kier molecular flexibility index (Phi) is 6.33. The number of rotatable bonds is 1. The molecular weight excluding hydrogens is 707 g/mol. The molecule has 282 valence electrons. The van der Waals surface area contributed by atoms with Crippen molar-refractivity contribution in [1.29, 1.82) is 0 Å². The number of pyridine rings is 3. The summed E-state index contributed by atoms with van der Waals surface area (Å²) >= 11 is 0. The number of aromatic nitrogens is 5. The molecule has 6 nitrogen and oxygen atoms in total. The molecule has 4 aromatic carbocycles. The molecule has 0 aliphatic carbocycles. The Bertz CT molecular complexity index is 3400. The van der Waals surface area contributed by atoms with Crippen molar-refractivity contribution in [3.63, 3.8) is 0 Å². The number of hydrogen-bond donors (Lipinski definition) is 0. The van der Waals surface area contributed by atoms with E-state index in [0.29, 0.717) is 0 Å². The monoisotopic (exact) mass is 752 g/mol. The molecule has 2 aliphatic rings. The van der Waals surface area contributed by atoms with Gasteiger partial charge in [-0.2, -0.15) is 0 Å². The number of anilines is 3. The second-order valence-electron chi connectivity index (χ2n) is 19.8. The van der Waals surface area contributed by atoms with E-state index in [2.05, 4.69) is 167 Å². The van der Waals surface area contributed by atoms with E-state index in [0.717, 1.165) is 22.4 Å². The van der Waals surface area contributed by atoms with E-state index in [9.17, 15) is 0 Å². The van der Waals surface area contributed by atoms with Gasteiger partial charge < -0.3 is 13.9 Å². The van der Waals surface area contributed by atoms with E-state index in [1.807, 2.05) is 18.6 Å². The molecule has 0 radical (unpaired) electrons. The second kappa shape index (κ2) is 10.8. The number of fused-ring (bicyclic) bond motifs is 15. The van der Waals surface area contributed by atoms with E-state index in [1.54, 1.807) is 0 Å². The first-order valence-electron chi connectivity index (χ1n) is 20.6. The smallest absolute Gasteiger partial charge is 0.252 e. The Morgan fingerprint density at radius 2 is 1.14 bits per heavy atom. The van der Waals surface area contributed by atoms with Gasteiger partial charge in [-0.3, -0.25) is 15.0 Å². The molecule has 7 heteroatoms. The molecule has 12 rings (SSSR count). The van der Waals surface area contributed by atoms with Crippen LogP contribution in [0.2, 0.25) is 0 Å². The van der Waals surface area contributed by atoms with Crippen molar-refractivity contribution in [3.05, 3.63) is 127 Å². The molecule has 2 aliphatic heterocycles. The van der Waals surface area contributed by atoms with Gasteiger partial charge in [-0.25, -0.2) is 0 Å². The van der Waals surface area contributed by atoms with Crippen LogP contribution in [0.25, 0.3) is 65.7 Å². The van der Waals surface area contributed by atoms with E-state index in [-0.39, 0.29) is 23.0 Å². The van der Waals surface area contributed by atoms with Crippen LogP contribution in [-0.4, -0.2) is 30.6 Å². The highest BCUT2D eigenvalue weighted by Crippen LogP contribution is 2.52. The van der Waals surface area contributed by atoms with Gasteiger partial charge >= 0.3 is 0 Å². The lowest BCUT2D eigenvalue weighted by atomic mass is 9.34. The molecule has 0 fully saturated rings. The van der Waals surface area contributed by atoms with Gasteiger partial charge in [0.25, 0.3) is 6.71 Å². The van der Waals surface area contributed by atoms with Gasteiger partial charge in [-0.1, -0.05) is 86.6 Å². The van der Waals surface area contributed by atoms with Gasteiger partial charge in [0.15, 0.2) is 0 Å². The molecule has 0 spiro atoms. The highest BCUT2D eigenvalue weighted by atomic mass is 15.2. The van der Waals surface area contributed by atoms with E-state index < -0.39 is 0 Å². The van der Waals surface area contributed by atoms with E-state index >= 15 is 0 Å². The maximum absolute atomic E-state index is 5.22. The topological polar surface area (TPSA) is 51.3 Å². The van der Waals surface area contributed by atoms with Crippen LogP contribution in [0, 0.1) is 0 Å². The molecule has 58 heavy (non-hydrogen) atoms. The van der Waals surface area contributed by atoms with Crippen LogP contribution in [0.15, 0.2) is 110 Å². The largest absolute Gasteiger partial charge is 0.309 e. The molecular formula is C51H45BN6. The number of hydrogen-bond acceptors (Lipinski definition) is 4. The minimum absolute atomic E-state index is 0.0105. The van der Waals surface area contributed by atoms with Crippen molar-refractivity contribution in [3.8, 4) is 5.69 Å². The molecule has 0 amide bonds. The molecule has 8 heterocycles. The third-order valence-electron chi connectivity index (χ3n) is 13.3. The summed E-state index contributed by atoms with van der Waals surface area (Å²) in [5, 5.41) is 6.20. The van der Waals surface area contributed by atoms with Gasteiger partial charge in [0.2, 0.25) is 0 Å². The minimum Gasteiger partial charge on any atom is -0.309 e. The Hall–Kier alpha value is -6.21. The summed E-state index contributed by atoms with van der Waals surface area (Å²) in [6.07, 6.45) is 10.1. The van der Waals surface area contributed by atoms with Crippen molar-refractivity contribution in [2.24, 2.45) is 0 Å². The summed E-state index contributed by atoms with van der Waals surface area (Å²) in [6, 6.07) is 30.2. The lowest BCUT2D eigenvalue weighted by Crippen LogP contribution is -2.60. The number of nitrogens with zero attached hydrogens (tertiary/aromatic N) is 6. The molecule has 0 bridgehead atoms. The molecule has 6 aromatic heterocycles. The van der Waals surface area contributed by atoms with Gasteiger partial charge in [0.05, 0.1) is 62.6 Å². The number of benzene rings is 4. The zero-order valence-electron chi connectivity index (χ0n) is 34.7. The predicted octanol–water partition coefficient (Wildman–Crippen LogP) is 10.6. The fourth-order valence-electron chi connectivity index (χ4n) is 10.4. The Morgan fingerprint density at radius 3 is 1.86 bits per heavy atom. The van der Waals surface area contributed by atoms with Crippen LogP contribution >= 0.6 is 0 Å². The first-order chi connectivity index (χ1) is 27.7. The van der Waals surface area contributed by atoms with Gasteiger partial charge in [0.1, 0.15) is 0 Å². The molecule has 0 N–H and O–H groups in total. The fourth-order valence-corrected chi connectivity index (χ4v) is 10.4. The lowest BCUT2D eigenvalue weighted by Gasteiger charge is -2.40. The average molecular weight is 753 g/mol. The van der Waals surface area contributed by atoms with Crippen molar-refractivity contribution in [2.75, 3.05) is 4.90 Å². The molecule has 0 unspecified atom stereocenters. The van der Waals surface area contributed by atoms with Gasteiger partial charge in [0, 0.05) is 51.2 Å².